The molecule has 0 N–H and O–H groups in total. The lowest BCUT2D eigenvalue weighted by Crippen LogP contribution is -2.49. The average molecular weight is 367 g/mol. The third kappa shape index (κ3) is 2.73. The third-order valence-corrected chi connectivity index (χ3v) is 5.41. The van der Waals surface area contributed by atoms with Gasteiger partial charge in [-0.2, -0.15) is 14.6 Å². The van der Waals surface area contributed by atoms with Crippen LogP contribution in [0.1, 0.15) is 40.3 Å². The van der Waals surface area contributed by atoms with Crippen molar-refractivity contribution in [3.05, 3.63) is 35.1 Å². The zero-order valence-corrected chi connectivity index (χ0v) is 15.3. The van der Waals surface area contributed by atoms with Gasteiger partial charge in [0.25, 0.3) is 11.7 Å². The van der Waals surface area contributed by atoms with Crippen LogP contribution in [0.25, 0.3) is 5.78 Å². The van der Waals surface area contributed by atoms with E-state index in [9.17, 15) is 4.79 Å². The van der Waals surface area contributed by atoms with Crippen LogP contribution in [-0.2, 0) is 12.8 Å². The Bertz CT molecular complexity index is 1000. The van der Waals surface area contributed by atoms with Crippen molar-refractivity contribution in [2.24, 2.45) is 0 Å². The van der Waals surface area contributed by atoms with Crippen LogP contribution >= 0.6 is 0 Å². The Labute approximate surface area is 156 Å². The van der Waals surface area contributed by atoms with Gasteiger partial charge < -0.3 is 14.3 Å². The van der Waals surface area contributed by atoms with Gasteiger partial charge in [0.1, 0.15) is 12.1 Å². The number of carbonyl (C=O) groups excluding carboxylic acids is 1. The third-order valence-electron chi connectivity index (χ3n) is 5.41. The van der Waals surface area contributed by atoms with Gasteiger partial charge in [-0.3, -0.25) is 4.79 Å². The van der Waals surface area contributed by atoms with Crippen LogP contribution in [0.3, 0.4) is 0 Å². The second kappa shape index (κ2) is 6.33. The second-order valence-electron chi connectivity index (χ2n) is 7.15. The Morgan fingerprint density at radius 2 is 1.96 bits per heavy atom. The molecule has 27 heavy (non-hydrogen) atoms. The minimum absolute atomic E-state index is 0.0397. The van der Waals surface area contributed by atoms with E-state index in [2.05, 4.69) is 25.1 Å². The van der Waals surface area contributed by atoms with Gasteiger partial charge in [0.15, 0.2) is 0 Å². The van der Waals surface area contributed by atoms with E-state index >= 15 is 0 Å². The normalized spacial score (nSPS) is 17.4. The fraction of sp³-hybridized carbons (Fsp3) is 0.500. The van der Waals surface area contributed by atoms with Crippen molar-refractivity contribution in [1.29, 1.82) is 0 Å². The van der Waals surface area contributed by atoms with E-state index in [1.165, 1.54) is 6.33 Å². The molecule has 2 aliphatic rings. The molecule has 9 heteroatoms. The molecule has 1 aliphatic carbocycles. The van der Waals surface area contributed by atoms with Gasteiger partial charge in [-0.15, -0.1) is 0 Å². The minimum atomic E-state index is -0.0397. The first kappa shape index (κ1) is 16.2. The molecular weight excluding hydrogens is 346 g/mol. The number of rotatable bonds is 2. The predicted octanol–water partition coefficient (Wildman–Crippen LogP) is 1.26. The van der Waals surface area contributed by atoms with Crippen molar-refractivity contribution in [2.75, 3.05) is 31.1 Å². The number of aromatic nitrogens is 5. The molecule has 1 aliphatic heterocycles. The Morgan fingerprint density at radius 1 is 1.15 bits per heavy atom. The zero-order valence-electron chi connectivity index (χ0n) is 15.3. The molecule has 140 valence electrons. The summed E-state index contributed by atoms with van der Waals surface area (Å²) in [5.41, 5.74) is 2.88. The maximum Gasteiger partial charge on any atom is 0.292 e. The highest BCUT2D eigenvalue weighted by Gasteiger charge is 2.30. The zero-order chi connectivity index (χ0) is 18.4. The largest absolute Gasteiger partial charge is 0.353 e. The number of hydrogen-bond donors (Lipinski definition) is 0. The van der Waals surface area contributed by atoms with Crippen molar-refractivity contribution in [1.82, 2.24) is 29.6 Å². The van der Waals surface area contributed by atoms with Crippen molar-refractivity contribution >= 4 is 17.5 Å². The van der Waals surface area contributed by atoms with E-state index in [1.54, 1.807) is 4.52 Å². The molecule has 0 aromatic carbocycles. The van der Waals surface area contributed by atoms with Crippen molar-refractivity contribution in [2.45, 2.75) is 32.6 Å². The van der Waals surface area contributed by atoms with Crippen LogP contribution in [-0.4, -0.2) is 61.7 Å². The summed E-state index contributed by atoms with van der Waals surface area (Å²) in [4.78, 5) is 25.6. The molecule has 0 bridgehead atoms. The number of anilines is 1. The van der Waals surface area contributed by atoms with Crippen LogP contribution in [0.2, 0.25) is 0 Å². The van der Waals surface area contributed by atoms with Gasteiger partial charge in [0.2, 0.25) is 5.76 Å². The minimum Gasteiger partial charge on any atom is -0.353 e. The van der Waals surface area contributed by atoms with Crippen molar-refractivity contribution < 1.29 is 9.32 Å². The summed E-state index contributed by atoms with van der Waals surface area (Å²) in [6.07, 6.45) is 5.53. The lowest BCUT2D eigenvalue weighted by atomic mass is 9.96. The van der Waals surface area contributed by atoms with Gasteiger partial charge in [0, 0.05) is 43.5 Å². The fourth-order valence-corrected chi connectivity index (χ4v) is 3.98. The molecule has 1 saturated heterocycles. The first-order valence-electron chi connectivity index (χ1n) is 9.40. The van der Waals surface area contributed by atoms with E-state index in [0.29, 0.717) is 24.6 Å². The maximum atomic E-state index is 12.9. The Morgan fingerprint density at radius 3 is 2.81 bits per heavy atom. The van der Waals surface area contributed by atoms with Gasteiger partial charge >= 0.3 is 0 Å². The van der Waals surface area contributed by atoms with Crippen LogP contribution < -0.4 is 4.90 Å². The van der Waals surface area contributed by atoms with E-state index in [0.717, 1.165) is 61.5 Å². The van der Waals surface area contributed by atoms with E-state index in [4.69, 9.17) is 4.52 Å². The highest BCUT2D eigenvalue weighted by molar-refractivity contribution is 5.93. The molecule has 0 unspecified atom stereocenters. The van der Waals surface area contributed by atoms with Crippen molar-refractivity contribution in [3.63, 3.8) is 0 Å². The van der Waals surface area contributed by atoms with E-state index in [-0.39, 0.29) is 5.91 Å². The maximum absolute atomic E-state index is 12.9. The number of nitrogens with zero attached hydrogens (tertiary/aromatic N) is 7. The van der Waals surface area contributed by atoms with Crippen LogP contribution in [0.15, 0.2) is 16.9 Å². The summed E-state index contributed by atoms with van der Waals surface area (Å²) in [5.74, 6) is 1.95. The molecular formula is C18H21N7O2. The summed E-state index contributed by atoms with van der Waals surface area (Å²) in [7, 11) is 0. The Balaban J connectivity index is 1.33. The van der Waals surface area contributed by atoms with Gasteiger partial charge in [-0.1, -0.05) is 5.16 Å². The Kier molecular flexibility index (Phi) is 3.80. The lowest BCUT2D eigenvalue weighted by molar-refractivity contribution is 0.0703. The first-order chi connectivity index (χ1) is 13.2. The number of piperazine rings is 1. The molecule has 0 saturated carbocycles. The molecule has 1 amide bonds. The topological polar surface area (TPSA) is 92.7 Å². The quantitative estimate of drug-likeness (QED) is 0.673. The van der Waals surface area contributed by atoms with E-state index < -0.39 is 0 Å². The standard InChI is InChI=1S/C18H21N7O2/c1-12-10-15(25-18(21-12)19-11-20-25)23-6-8-24(9-7-23)17(26)16-13-4-2-3-5-14(13)22-27-16/h10-11H,2-9H2,1H3. The van der Waals surface area contributed by atoms with Crippen molar-refractivity contribution in [3.8, 4) is 0 Å². The Hall–Kier alpha value is -2.97. The number of aryl methyl sites for hydroxylation is 2. The number of hydrogen-bond acceptors (Lipinski definition) is 7. The molecule has 1 fully saturated rings. The smallest absolute Gasteiger partial charge is 0.292 e. The molecule has 5 rings (SSSR count). The number of fused-ring (bicyclic) bond motifs is 2. The number of amides is 1. The van der Waals surface area contributed by atoms with Crippen LogP contribution in [0, 0.1) is 6.92 Å². The molecule has 3 aromatic rings. The first-order valence-corrected chi connectivity index (χ1v) is 9.40. The highest BCUT2D eigenvalue weighted by Crippen LogP contribution is 2.26. The summed E-state index contributed by atoms with van der Waals surface area (Å²) < 4.78 is 7.17. The molecule has 0 spiro atoms. The summed E-state index contributed by atoms with van der Waals surface area (Å²) in [5, 5.41) is 8.39. The van der Waals surface area contributed by atoms with Gasteiger partial charge in [-0.05, 0) is 32.6 Å². The molecule has 0 atom stereocenters. The second-order valence-corrected chi connectivity index (χ2v) is 7.15. The highest BCUT2D eigenvalue weighted by atomic mass is 16.5. The predicted molar refractivity (Wildman–Crippen MR) is 96.8 cm³/mol. The molecule has 3 aromatic heterocycles. The summed E-state index contributed by atoms with van der Waals surface area (Å²) in [6, 6.07) is 2.01. The summed E-state index contributed by atoms with van der Waals surface area (Å²) in [6.45, 7) is 4.66. The molecule has 0 radical (unpaired) electrons. The van der Waals surface area contributed by atoms with Crippen LogP contribution in [0.4, 0.5) is 5.82 Å². The van der Waals surface area contributed by atoms with Crippen LogP contribution in [0.5, 0.6) is 0 Å². The number of carbonyl (C=O) groups is 1. The molecule has 9 nitrogen and oxygen atoms in total. The van der Waals surface area contributed by atoms with Gasteiger partial charge in [-0.25, -0.2) is 4.98 Å². The van der Waals surface area contributed by atoms with Gasteiger partial charge in [0.05, 0.1) is 5.69 Å². The monoisotopic (exact) mass is 367 g/mol. The summed E-state index contributed by atoms with van der Waals surface area (Å²) >= 11 is 0. The van der Waals surface area contributed by atoms with E-state index in [1.807, 2.05) is 17.9 Å². The lowest BCUT2D eigenvalue weighted by Gasteiger charge is -2.35. The molecule has 4 heterocycles. The SMILES string of the molecule is Cc1cc(N2CCN(C(=O)c3onc4c3CCCC4)CC2)n2ncnc2n1. The average Bonchev–Trinajstić information content (AvgIpc) is 3.33. The fourth-order valence-electron chi connectivity index (χ4n) is 3.98.